The van der Waals surface area contributed by atoms with Gasteiger partial charge in [0, 0.05) is 28.8 Å². The molecule has 0 spiro atoms. The molecule has 0 fully saturated rings. The summed E-state index contributed by atoms with van der Waals surface area (Å²) in [5, 5.41) is 2.48. The molecule has 3 rings (SSSR count). The lowest BCUT2D eigenvalue weighted by atomic mass is 10.2. The third-order valence-electron chi connectivity index (χ3n) is 3.42. The molecule has 1 aliphatic heterocycles. The average Bonchev–Trinajstić information content (AvgIpc) is 2.46. The fourth-order valence-electron chi connectivity index (χ4n) is 2.44. The summed E-state index contributed by atoms with van der Waals surface area (Å²) in [7, 11) is 6.07. The molecule has 4 heteroatoms. The second kappa shape index (κ2) is 4.62. The Labute approximate surface area is 115 Å². The number of ether oxygens (including phenoxy) is 2. The van der Waals surface area contributed by atoms with E-state index in [2.05, 4.69) is 24.1 Å². The molecule has 2 radical (unpaired) electrons. The van der Waals surface area contributed by atoms with Gasteiger partial charge >= 0.3 is 0 Å². The summed E-state index contributed by atoms with van der Waals surface area (Å²) >= 11 is 0. The van der Waals surface area contributed by atoms with E-state index in [1.54, 1.807) is 14.2 Å². The molecule has 1 aliphatic rings. The molecule has 19 heavy (non-hydrogen) atoms. The van der Waals surface area contributed by atoms with Crippen molar-refractivity contribution in [2.75, 3.05) is 26.2 Å². The van der Waals surface area contributed by atoms with E-state index in [0.717, 1.165) is 11.5 Å². The van der Waals surface area contributed by atoms with E-state index in [9.17, 15) is 0 Å². The maximum Gasteiger partial charge on any atom is 0.137 e. The maximum absolute atomic E-state index is 5.49. The molecule has 0 N–H and O–H groups in total. The predicted molar refractivity (Wildman–Crippen MR) is 79.1 cm³/mol. The Balaban J connectivity index is 2.20. The number of fused-ring (bicyclic) bond motifs is 2. The van der Waals surface area contributed by atoms with Crippen molar-refractivity contribution in [3.63, 3.8) is 0 Å². The Morgan fingerprint density at radius 2 is 1.32 bits per heavy atom. The predicted octanol–water partition coefficient (Wildman–Crippen LogP) is 1.44. The van der Waals surface area contributed by atoms with Crippen molar-refractivity contribution in [1.29, 1.82) is 0 Å². The first kappa shape index (κ1) is 12.1. The lowest BCUT2D eigenvalue weighted by Crippen LogP contribution is -2.41. The first-order chi connectivity index (χ1) is 9.26. The van der Waals surface area contributed by atoms with Gasteiger partial charge in [0.25, 0.3) is 0 Å². The summed E-state index contributed by atoms with van der Waals surface area (Å²) in [6.07, 6.45) is 0. The van der Waals surface area contributed by atoms with Crippen LogP contribution < -0.4 is 24.7 Å². The molecule has 0 aromatic heterocycles. The molecule has 2 aromatic rings. The fraction of sp³-hybridized carbons (Fsp3) is 0.200. The SMILES string of the molecule is COc1cccc2c1[Si]c1c(OC)cccc1N2C. The molecule has 0 saturated heterocycles. The molecule has 2 aromatic carbocycles. The second-order valence-corrected chi connectivity index (χ2v) is 5.64. The molecular weight excluding hydrogens is 254 g/mol. The minimum absolute atomic E-state index is 0.549. The van der Waals surface area contributed by atoms with Crippen molar-refractivity contribution in [2.45, 2.75) is 0 Å². The Kier molecular flexibility index (Phi) is 2.95. The first-order valence-corrected chi connectivity index (χ1v) is 7.11. The third kappa shape index (κ3) is 1.79. The van der Waals surface area contributed by atoms with Crippen molar-refractivity contribution in [2.24, 2.45) is 0 Å². The van der Waals surface area contributed by atoms with Gasteiger partial charge in [-0.2, -0.15) is 0 Å². The van der Waals surface area contributed by atoms with Crippen LogP contribution in [0.15, 0.2) is 36.4 Å². The van der Waals surface area contributed by atoms with Gasteiger partial charge in [-0.25, -0.2) is 0 Å². The number of methoxy groups -OCH3 is 2. The average molecular weight is 269 g/mol. The van der Waals surface area contributed by atoms with E-state index in [1.807, 2.05) is 24.3 Å². The van der Waals surface area contributed by atoms with Gasteiger partial charge in [0.2, 0.25) is 0 Å². The summed E-state index contributed by atoms with van der Waals surface area (Å²) in [6.45, 7) is 0. The van der Waals surface area contributed by atoms with Crippen LogP contribution in [0.2, 0.25) is 0 Å². The minimum atomic E-state index is 0.549. The van der Waals surface area contributed by atoms with Gasteiger partial charge in [0.05, 0.1) is 14.2 Å². The number of rotatable bonds is 2. The second-order valence-electron chi connectivity index (χ2n) is 4.39. The van der Waals surface area contributed by atoms with Crippen LogP contribution in [0.1, 0.15) is 0 Å². The fourth-order valence-corrected chi connectivity index (χ4v) is 4.07. The molecule has 0 unspecified atom stereocenters. The van der Waals surface area contributed by atoms with Crippen molar-refractivity contribution in [3.05, 3.63) is 36.4 Å². The molecule has 0 aliphatic carbocycles. The molecule has 3 nitrogen and oxygen atoms in total. The highest BCUT2D eigenvalue weighted by Gasteiger charge is 2.25. The lowest BCUT2D eigenvalue weighted by Gasteiger charge is -2.31. The van der Waals surface area contributed by atoms with Gasteiger partial charge in [-0.15, -0.1) is 0 Å². The number of hydrogen-bond donors (Lipinski definition) is 0. The van der Waals surface area contributed by atoms with E-state index in [4.69, 9.17) is 9.47 Å². The van der Waals surface area contributed by atoms with Gasteiger partial charge in [0.15, 0.2) is 0 Å². The third-order valence-corrected chi connectivity index (χ3v) is 4.93. The topological polar surface area (TPSA) is 21.7 Å². The Bertz CT molecular complexity index is 574. The summed E-state index contributed by atoms with van der Waals surface area (Å²) in [5.41, 5.74) is 2.41. The van der Waals surface area contributed by atoms with Crippen LogP contribution in [0.3, 0.4) is 0 Å². The standard InChI is InChI=1S/C15H15NO2Si/c1-16-10-6-4-8-12(17-2)14(10)19-15-11(16)7-5-9-13(15)18-3/h4-9H,1-3H3. The zero-order valence-electron chi connectivity index (χ0n) is 11.2. The number of benzene rings is 2. The Morgan fingerprint density at radius 3 is 1.74 bits per heavy atom. The Hall–Kier alpha value is -1.94. The molecule has 1 heterocycles. The molecule has 0 atom stereocenters. The van der Waals surface area contributed by atoms with Crippen LogP contribution in [0, 0.1) is 0 Å². The van der Waals surface area contributed by atoms with Gasteiger partial charge in [-0.05, 0) is 24.3 Å². The first-order valence-electron chi connectivity index (χ1n) is 6.11. The smallest absolute Gasteiger partial charge is 0.137 e. The molecular formula is C15H15NO2Si. The monoisotopic (exact) mass is 269 g/mol. The van der Waals surface area contributed by atoms with Gasteiger partial charge < -0.3 is 14.4 Å². The lowest BCUT2D eigenvalue weighted by molar-refractivity contribution is 0.417. The van der Waals surface area contributed by atoms with Crippen LogP contribution in [0.5, 0.6) is 11.5 Å². The molecule has 0 amide bonds. The highest BCUT2D eigenvalue weighted by Crippen LogP contribution is 2.29. The zero-order chi connectivity index (χ0) is 13.4. The summed E-state index contributed by atoms with van der Waals surface area (Å²) in [5.74, 6) is 1.89. The van der Waals surface area contributed by atoms with Crippen molar-refractivity contribution >= 4 is 31.3 Å². The summed E-state index contributed by atoms with van der Waals surface area (Å²) in [6, 6.07) is 12.4. The largest absolute Gasteiger partial charge is 0.497 e. The van der Waals surface area contributed by atoms with Crippen molar-refractivity contribution in [3.8, 4) is 11.5 Å². The Morgan fingerprint density at radius 1 is 0.842 bits per heavy atom. The highest BCUT2D eigenvalue weighted by atomic mass is 28.2. The quantitative estimate of drug-likeness (QED) is 0.770. The van der Waals surface area contributed by atoms with Crippen LogP contribution in [0.25, 0.3) is 0 Å². The van der Waals surface area contributed by atoms with Crippen molar-refractivity contribution in [1.82, 2.24) is 0 Å². The zero-order valence-corrected chi connectivity index (χ0v) is 12.2. The van der Waals surface area contributed by atoms with Crippen LogP contribution in [0.4, 0.5) is 11.4 Å². The van der Waals surface area contributed by atoms with Gasteiger partial charge in [0.1, 0.15) is 21.0 Å². The van der Waals surface area contributed by atoms with Gasteiger partial charge in [-0.1, -0.05) is 12.1 Å². The highest BCUT2D eigenvalue weighted by molar-refractivity contribution is 6.73. The minimum Gasteiger partial charge on any atom is -0.497 e. The molecule has 0 saturated carbocycles. The van der Waals surface area contributed by atoms with E-state index >= 15 is 0 Å². The van der Waals surface area contributed by atoms with Crippen molar-refractivity contribution < 1.29 is 9.47 Å². The summed E-state index contributed by atoms with van der Waals surface area (Å²) in [4.78, 5) is 2.20. The normalized spacial score (nSPS) is 12.7. The van der Waals surface area contributed by atoms with E-state index in [-0.39, 0.29) is 0 Å². The van der Waals surface area contributed by atoms with E-state index in [1.165, 1.54) is 21.7 Å². The molecule has 96 valence electrons. The van der Waals surface area contributed by atoms with E-state index < -0.39 is 0 Å². The van der Waals surface area contributed by atoms with E-state index in [0.29, 0.717) is 9.52 Å². The molecule has 0 bridgehead atoms. The maximum atomic E-state index is 5.49. The van der Waals surface area contributed by atoms with Crippen LogP contribution in [-0.4, -0.2) is 30.8 Å². The summed E-state index contributed by atoms with van der Waals surface area (Å²) < 4.78 is 11.0. The number of nitrogens with zero attached hydrogens (tertiary/aromatic N) is 1. The number of hydrogen-bond acceptors (Lipinski definition) is 3. The van der Waals surface area contributed by atoms with Crippen LogP contribution in [-0.2, 0) is 0 Å². The van der Waals surface area contributed by atoms with Gasteiger partial charge in [-0.3, -0.25) is 0 Å². The number of anilines is 2. The van der Waals surface area contributed by atoms with Crippen LogP contribution >= 0.6 is 0 Å².